The van der Waals surface area contributed by atoms with Crippen LogP contribution in [0.2, 0.25) is 20.1 Å². The van der Waals surface area contributed by atoms with E-state index >= 15 is 0 Å². The van der Waals surface area contributed by atoms with Gasteiger partial charge in [0.05, 0.1) is 12.5 Å². The Labute approximate surface area is 167 Å². The van der Waals surface area contributed by atoms with Crippen molar-refractivity contribution >= 4 is 61.0 Å². The molecule has 25 heavy (non-hydrogen) atoms. The molecule has 0 amide bonds. The van der Waals surface area contributed by atoms with Gasteiger partial charge in [0.15, 0.2) is 0 Å². The molecule has 3 aromatic rings. The molecule has 0 aliphatic rings. The Balaban J connectivity index is 0.000000212. The molecule has 0 fully saturated rings. The molecular formula is C15H15BrClN5OSSn. The molecule has 3 heterocycles. The maximum absolute atomic E-state index is 8.23. The third-order valence-electron chi connectivity index (χ3n) is 2.92. The molecule has 0 N–H and O–H groups in total. The van der Waals surface area contributed by atoms with Gasteiger partial charge in [-0.2, -0.15) is 5.26 Å². The van der Waals surface area contributed by atoms with Gasteiger partial charge in [0.1, 0.15) is 9.61 Å². The first-order valence-corrected chi connectivity index (χ1v) is 19.2. The molecule has 0 atom stereocenters. The minimum absolute atomic E-state index is 0.296. The van der Waals surface area contributed by atoms with Gasteiger partial charge in [-0.25, -0.2) is 4.98 Å². The van der Waals surface area contributed by atoms with E-state index in [0.717, 1.165) is 18.9 Å². The summed E-state index contributed by atoms with van der Waals surface area (Å²) in [5, 5.41) is 11.3. The Kier molecular flexibility index (Phi) is 7.36. The van der Waals surface area contributed by atoms with Gasteiger partial charge in [0.25, 0.3) is 0 Å². The second-order valence-corrected chi connectivity index (χ2v) is 22.2. The van der Waals surface area contributed by atoms with Crippen LogP contribution in [0.25, 0.3) is 11.3 Å². The van der Waals surface area contributed by atoms with Crippen LogP contribution in [0, 0.1) is 11.3 Å². The second kappa shape index (κ2) is 9.07. The van der Waals surface area contributed by atoms with Crippen molar-refractivity contribution in [1.29, 1.82) is 5.26 Å². The van der Waals surface area contributed by atoms with Crippen molar-refractivity contribution in [2.45, 2.75) is 21.2 Å². The van der Waals surface area contributed by atoms with Crippen molar-refractivity contribution < 1.29 is 4.42 Å². The zero-order valence-corrected chi connectivity index (χ0v) is 19.8. The molecule has 0 aliphatic heterocycles. The molecule has 0 spiro atoms. The van der Waals surface area contributed by atoms with Gasteiger partial charge in [-0.15, -0.1) is 11.3 Å². The molecule has 0 saturated carbocycles. The first-order chi connectivity index (χ1) is 11.8. The van der Waals surface area contributed by atoms with E-state index in [-0.39, 0.29) is 0 Å². The van der Waals surface area contributed by atoms with Crippen LogP contribution < -0.4 is 3.71 Å². The standard InChI is InChI=1S/C7H3ClN3O.C5H3BrN2S.3CH3.Sn/c8-7-10-1-5(2-11-7)6-3-9-4-12-6;6-4-3-9-5(8-4)1-2-7;;;;/h1,3-4H;3H,1H2;3*1H3;. The fraction of sp³-hybridized carbons (Fsp3) is 0.267. The summed E-state index contributed by atoms with van der Waals surface area (Å²) in [4.78, 5) is 23.1. The summed E-state index contributed by atoms with van der Waals surface area (Å²) >= 11 is 8.20. The monoisotopic (exact) mass is 547 g/mol. The summed E-state index contributed by atoms with van der Waals surface area (Å²) in [6, 6.07) is 2.02. The maximum atomic E-state index is 8.23. The molecule has 3 aromatic heterocycles. The Morgan fingerprint density at radius 1 is 1.32 bits per heavy atom. The molecule has 0 aromatic carbocycles. The van der Waals surface area contributed by atoms with Gasteiger partial charge < -0.3 is 0 Å². The number of thiazole rings is 1. The zero-order chi connectivity index (χ0) is 18.4. The van der Waals surface area contributed by atoms with Crippen LogP contribution in [0.1, 0.15) is 5.01 Å². The Morgan fingerprint density at radius 3 is 2.60 bits per heavy atom. The quantitative estimate of drug-likeness (QED) is 0.359. The van der Waals surface area contributed by atoms with Crippen molar-refractivity contribution in [1.82, 2.24) is 19.9 Å². The molecule has 0 bridgehead atoms. The topological polar surface area (TPSA) is 88.5 Å². The fourth-order valence-electron chi connectivity index (χ4n) is 1.90. The molecule has 10 heteroatoms. The number of oxazole rings is 1. The fourth-order valence-corrected chi connectivity index (χ4v) is 7.53. The summed E-state index contributed by atoms with van der Waals surface area (Å²) < 4.78 is 7.17. The average molecular weight is 547 g/mol. The number of hydrogen-bond donors (Lipinski definition) is 0. The van der Waals surface area contributed by atoms with Crippen molar-refractivity contribution in [3.05, 3.63) is 39.1 Å². The van der Waals surface area contributed by atoms with Crippen LogP contribution in [0.3, 0.4) is 0 Å². The molecule has 0 unspecified atom stereocenters. The summed E-state index contributed by atoms with van der Waals surface area (Å²) in [5.74, 6) is 0.707. The summed E-state index contributed by atoms with van der Waals surface area (Å²) in [6.45, 7) is 0. The number of hydrogen-bond acceptors (Lipinski definition) is 7. The van der Waals surface area contributed by atoms with E-state index in [1.165, 1.54) is 17.7 Å². The third kappa shape index (κ3) is 6.02. The summed E-state index contributed by atoms with van der Waals surface area (Å²) in [5.41, 5.74) is 0.921. The number of nitriles is 1. The number of nitrogens with zero attached hydrogens (tertiary/aromatic N) is 5. The zero-order valence-electron chi connectivity index (χ0n) is 13.8. The molecule has 0 aliphatic carbocycles. The van der Waals surface area contributed by atoms with E-state index in [1.54, 1.807) is 12.4 Å². The van der Waals surface area contributed by atoms with Crippen molar-refractivity contribution in [3.63, 3.8) is 0 Å². The van der Waals surface area contributed by atoms with Crippen LogP contribution >= 0.6 is 38.9 Å². The number of halogens is 2. The van der Waals surface area contributed by atoms with E-state index in [2.05, 4.69) is 50.7 Å². The van der Waals surface area contributed by atoms with Gasteiger partial charge in [0, 0.05) is 5.38 Å². The number of aromatic nitrogens is 4. The van der Waals surface area contributed by atoms with Crippen molar-refractivity contribution in [2.24, 2.45) is 0 Å². The molecule has 3 rings (SSSR count). The van der Waals surface area contributed by atoms with Gasteiger partial charge >= 0.3 is 103 Å². The van der Waals surface area contributed by atoms with E-state index in [9.17, 15) is 0 Å². The molecular weight excluding hydrogens is 532 g/mol. The minimum atomic E-state index is -2.34. The van der Waals surface area contributed by atoms with Gasteiger partial charge in [0.2, 0.25) is 0 Å². The van der Waals surface area contributed by atoms with Gasteiger partial charge in [-0.05, 0) is 15.9 Å². The summed E-state index contributed by atoms with van der Waals surface area (Å²) in [7, 11) is 0. The van der Waals surface area contributed by atoms with E-state index in [1.807, 2.05) is 11.4 Å². The predicted molar refractivity (Wildman–Crippen MR) is 105 cm³/mol. The molecule has 130 valence electrons. The Hall–Kier alpha value is -1.02. The van der Waals surface area contributed by atoms with Gasteiger partial charge in [-0.1, -0.05) is 0 Å². The first kappa shape index (κ1) is 20.3. The molecule has 0 saturated heterocycles. The van der Waals surface area contributed by atoms with Crippen LogP contribution in [-0.2, 0) is 6.42 Å². The van der Waals surface area contributed by atoms with E-state index < -0.39 is 18.4 Å². The van der Waals surface area contributed by atoms with Crippen LogP contribution in [0.15, 0.2) is 33.2 Å². The van der Waals surface area contributed by atoms with Crippen LogP contribution in [0.4, 0.5) is 0 Å². The SMILES string of the molecule is N#CCc1nc(Br)cs1.[CH3][Sn]([CH3])([CH3])[c]1nc(Cl)ncc1-c1cnco1. The van der Waals surface area contributed by atoms with E-state index in [0.29, 0.717) is 17.5 Å². The normalized spacial score (nSPS) is 10.7. The second-order valence-electron chi connectivity index (χ2n) is 5.92. The third-order valence-corrected chi connectivity index (χ3v) is 9.80. The van der Waals surface area contributed by atoms with Crippen LogP contribution in [-0.4, -0.2) is 38.3 Å². The molecule has 0 radical (unpaired) electrons. The van der Waals surface area contributed by atoms with Crippen molar-refractivity contribution in [2.75, 3.05) is 0 Å². The van der Waals surface area contributed by atoms with Crippen LogP contribution in [0.5, 0.6) is 0 Å². The molecule has 6 nitrogen and oxygen atoms in total. The average Bonchev–Trinajstić information content (AvgIpc) is 3.19. The van der Waals surface area contributed by atoms with E-state index in [4.69, 9.17) is 21.3 Å². The Morgan fingerprint density at radius 2 is 2.08 bits per heavy atom. The summed E-state index contributed by atoms with van der Waals surface area (Å²) in [6.07, 6.45) is 5.21. The predicted octanol–water partition coefficient (Wildman–Crippen LogP) is 4.30. The van der Waals surface area contributed by atoms with Gasteiger partial charge in [-0.3, -0.25) is 0 Å². The Bertz CT molecular complexity index is 873. The van der Waals surface area contributed by atoms with Crippen molar-refractivity contribution in [3.8, 4) is 17.4 Å². The first-order valence-electron chi connectivity index (χ1n) is 7.20. The number of rotatable bonds is 3.